The number of aliphatic hydroxyl groups excluding tert-OH is 10. The molecule has 0 aromatic rings. The van der Waals surface area contributed by atoms with E-state index in [2.05, 4.69) is 46.0 Å². The summed E-state index contributed by atoms with van der Waals surface area (Å²) >= 11 is 0. The Morgan fingerprint density at radius 3 is 1.99 bits per heavy atom. The van der Waals surface area contributed by atoms with Gasteiger partial charge in [-0.2, -0.15) is 0 Å². The second kappa shape index (κ2) is 25.2. The highest BCUT2D eigenvalue weighted by Crippen LogP contribution is 2.75. The second-order valence-corrected chi connectivity index (χ2v) is 27.9. The Balaban J connectivity index is 1.07. The lowest BCUT2D eigenvalue weighted by Gasteiger charge is -2.71. The van der Waals surface area contributed by atoms with E-state index in [1.54, 1.807) is 14.0 Å². The van der Waals surface area contributed by atoms with Crippen molar-refractivity contribution in [3.8, 4) is 0 Å². The van der Waals surface area contributed by atoms with Crippen LogP contribution in [0.1, 0.15) is 177 Å². The van der Waals surface area contributed by atoms with E-state index < -0.39 is 151 Å². The Bertz CT molecular complexity index is 2220. The van der Waals surface area contributed by atoms with Crippen molar-refractivity contribution in [1.82, 2.24) is 5.32 Å². The van der Waals surface area contributed by atoms with Crippen LogP contribution in [0.2, 0.25) is 0 Å². The number of unbranched alkanes of at least 4 members (excludes halogenated alkanes) is 7. The molecular weight excluding hydrogens is 1050 g/mol. The standard InChI is InChI=1S/C61H101NO19/c1-32(64)18-16-14-12-10-11-13-15-17-19-42(68)62-43-37(30-63)79-52(46(71)45(43)70)53(51-48(73)47(72)50(33(2)78-51)80-54-49(74)44(69)36(65)31-77-54)81-55(75)61-27-26-56(3,4)28-35(61)34-20-21-38-57(5)24-23-40(66)60(8,76-9)39(57)22-25-58(38,6)59(34,7)29-41(61)67/h20,33,35-41,43-54,63,65-67,69-74H,10-19,21-31H2,1-9H3,(H,62,68)/t33?,35?,36?,37?,38?,39-,40+,41?,43?,44?,45?,46?,47?,48?,49?,50+,51-,52-,53?,54+,57?,58+,59-,60-,61-/m1/s1. The van der Waals surface area contributed by atoms with E-state index in [0.29, 0.717) is 38.5 Å². The quantitative estimate of drug-likeness (QED) is 0.0474. The van der Waals surface area contributed by atoms with Crippen molar-refractivity contribution in [2.45, 2.75) is 287 Å². The van der Waals surface area contributed by atoms with E-state index in [1.807, 2.05) is 6.92 Å². The van der Waals surface area contributed by atoms with Gasteiger partial charge in [0.25, 0.3) is 0 Å². The molecule has 3 heterocycles. The van der Waals surface area contributed by atoms with Crippen LogP contribution in [0, 0.1) is 44.8 Å². The molecule has 0 spiro atoms. The average Bonchev–Trinajstić information content (AvgIpc) is 0.878. The van der Waals surface area contributed by atoms with Crippen LogP contribution in [-0.2, 0) is 42.8 Å². The number of Topliss-reactive ketones (excluding diaryl/α,β-unsaturated/α-hetero) is 1. The number of aliphatic hydroxyl groups is 10. The highest BCUT2D eigenvalue weighted by molar-refractivity contribution is 5.80. The molecule has 20 nitrogen and oxygen atoms in total. The molecule has 1 amide bonds. The SMILES string of the molecule is CO[C@]1(C)[C@@H]2CC[C@@]3(C)C(CC=C4C5CC(C)(C)CC[C@]5(C(=O)OC([C@@H]5OC(CO)C(NC(=O)CCCCCCCCCCC(C)=O)C(O)C5O)[C@@H]5OC(C)[C@H](O[C@@H]6OCC(O)C(O)C6O)C(O)C5O)C(O)C[C@]43C)C2(C)CC[C@@H]1O. The molecule has 81 heavy (non-hydrogen) atoms. The minimum absolute atomic E-state index is 0.0813. The first-order valence-electron chi connectivity index (χ1n) is 30.6. The minimum Gasteiger partial charge on any atom is -0.456 e. The highest BCUT2D eigenvalue weighted by atomic mass is 16.7. The first-order chi connectivity index (χ1) is 38.1. The predicted octanol–water partition coefficient (Wildman–Crippen LogP) is 3.20. The van der Waals surface area contributed by atoms with Crippen LogP contribution in [0.3, 0.4) is 0 Å². The van der Waals surface area contributed by atoms with Gasteiger partial charge in [-0.25, -0.2) is 0 Å². The molecule has 8 rings (SSSR count). The number of esters is 1. The third-order valence-corrected chi connectivity index (χ3v) is 22.6. The van der Waals surface area contributed by atoms with Crippen molar-refractivity contribution in [3.63, 3.8) is 0 Å². The van der Waals surface area contributed by atoms with E-state index in [-0.39, 0.29) is 53.1 Å². The van der Waals surface area contributed by atoms with Crippen molar-refractivity contribution in [2.75, 3.05) is 20.3 Å². The van der Waals surface area contributed by atoms with Crippen molar-refractivity contribution in [3.05, 3.63) is 11.6 Å². The van der Waals surface area contributed by atoms with Gasteiger partial charge in [-0.05, 0) is 131 Å². The Morgan fingerprint density at radius 2 is 1.35 bits per heavy atom. The summed E-state index contributed by atoms with van der Waals surface area (Å²) in [6, 6.07) is -1.33. The number of rotatable bonds is 20. The number of carbonyl (C=O) groups excluding carboxylic acids is 3. The largest absolute Gasteiger partial charge is 0.456 e. The van der Waals surface area contributed by atoms with Crippen LogP contribution in [0.25, 0.3) is 0 Å². The number of nitrogens with one attached hydrogen (secondary N) is 1. The Hall–Kier alpha value is -2.25. The fourth-order valence-electron chi connectivity index (χ4n) is 17.3. The summed E-state index contributed by atoms with van der Waals surface area (Å²) < 4.78 is 37.1. The number of hydrogen-bond acceptors (Lipinski definition) is 19. The normalized spacial score (nSPS) is 47.1. The molecular formula is C61H101NO19. The smallest absolute Gasteiger partial charge is 0.315 e. The summed E-state index contributed by atoms with van der Waals surface area (Å²) in [5, 5.41) is 118. The summed E-state index contributed by atoms with van der Waals surface area (Å²) in [6.45, 7) is 15.1. The maximum atomic E-state index is 16.0. The van der Waals surface area contributed by atoms with Crippen molar-refractivity contribution in [1.29, 1.82) is 0 Å². The number of carbonyl (C=O) groups is 3. The lowest BCUT2D eigenvalue weighted by molar-refractivity contribution is -0.331. The monoisotopic (exact) mass is 1150 g/mol. The zero-order valence-corrected chi connectivity index (χ0v) is 49.6. The van der Waals surface area contributed by atoms with Crippen LogP contribution < -0.4 is 5.32 Å². The van der Waals surface area contributed by atoms with Gasteiger partial charge < -0.3 is 89.6 Å². The lowest BCUT2D eigenvalue weighted by atomic mass is 9.34. The van der Waals surface area contributed by atoms with Crippen LogP contribution >= 0.6 is 0 Å². The van der Waals surface area contributed by atoms with E-state index in [1.165, 1.54) is 6.92 Å². The predicted molar refractivity (Wildman–Crippen MR) is 293 cm³/mol. The molecule has 0 radical (unpaired) electrons. The van der Waals surface area contributed by atoms with Gasteiger partial charge in [0, 0.05) is 20.0 Å². The van der Waals surface area contributed by atoms with E-state index in [4.69, 9.17) is 28.4 Å². The van der Waals surface area contributed by atoms with E-state index in [9.17, 15) is 60.7 Å². The number of fused-ring (bicyclic) bond motifs is 7. The summed E-state index contributed by atoms with van der Waals surface area (Å²) in [5.74, 6) is -1.43. The molecule has 8 aliphatic rings. The van der Waals surface area contributed by atoms with Gasteiger partial charge in [-0.15, -0.1) is 0 Å². The number of methoxy groups -OCH3 is 1. The molecule has 20 heteroatoms. The molecule has 3 aliphatic heterocycles. The zero-order chi connectivity index (χ0) is 59.4. The van der Waals surface area contributed by atoms with Gasteiger partial charge in [0.15, 0.2) is 12.4 Å². The molecule has 4 saturated carbocycles. The van der Waals surface area contributed by atoms with Crippen molar-refractivity contribution in [2.24, 2.45) is 44.8 Å². The first-order valence-corrected chi connectivity index (χ1v) is 30.6. The lowest BCUT2D eigenvalue weighted by Crippen LogP contribution is -2.71. The summed E-state index contributed by atoms with van der Waals surface area (Å²) in [6.07, 6.45) is -10.0. The van der Waals surface area contributed by atoms with Gasteiger partial charge in [-0.3, -0.25) is 9.59 Å². The van der Waals surface area contributed by atoms with E-state index >= 15 is 4.79 Å². The molecule has 11 N–H and O–H groups in total. The third-order valence-electron chi connectivity index (χ3n) is 22.6. The molecule has 25 atom stereocenters. The molecule has 0 aromatic heterocycles. The number of ether oxygens (including phenoxy) is 6. The van der Waals surface area contributed by atoms with Crippen molar-refractivity contribution >= 4 is 17.7 Å². The molecule has 0 bridgehead atoms. The molecule has 5 aliphatic carbocycles. The molecule has 3 saturated heterocycles. The van der Waals surface area contributed by atoms with Gasteiger partial charge in [-0.1, -0.05) is 84.8 Å². The molecule has 464 valence electrons. The average molecular weight is 1150 g/mol. The van der Waals surface area contributed by atoms with Gasteiger partial charge >= 0.3 is 5.97 Å². The maximum Gasteiger partial charge on any atom is 0.315 e. The number of hydrogen-bond donors (Lipinski definition) is 11. The highest BCUT2D eigenvalue weighted by Gasteiger charge is 2.72. The molecule has 0 aromatic carbocycles. The van der Waals surface area contributed by atoms with Crippen LogP contribution in [0.5, 0.6) is 0 Å². The van der Waals surface area contributed by atoms with Gasteiger partial charge in [0.1, 0.15) is 78.3 Å². The minimum atomic E-state index is -2.00. The maximum absolute atomic E-state index is 16.0. The molecule has 7 fully saturated rings. The summed E-state index contributed by atoms with van der Waals surface area (Å²) in [4.78, 5) is 40.7. The number of amides is 1. The fourth-order valence-corrected chi connectivity index (χ4v) is 17.3. The Labute approximate surface area is 479 Å². The van der Waals surface area contributed by atoms with Gasteiger partial charge in [0.05, 0.1) is 43.2 Å². The van der Waals surface area contributed by atoms with Gasteiger partial charge in [0.2, 0.25) is 5.91 Å². The Morgan fingerprint density at radius 1 is 0.716 bits per heavy atom. The third kappa shape index (κ3) is 11.9. The zero-order valence-electron chi connectivity index (χ0n) is 49.6. The summed E-state index contributed by atoms with van der Waals surface area (Å²) in [5.41, 5.74) is -2.67. The number of ketones is 1. The van der Waals surface area contributed by atoms with Crippen LogP contribution in [-0.4, -0.2) is 199 Å². The Kier molecular flexibility index (Phi) is 20.2. The van der Waals surface area contributed by atoms with Crippen LogP contribution in [0.4, 0.5) is 0 Å². The fraction of sp³-hybridized carbons (Fsp3) is 0.918. The summed E-state index contributed by atoms with van der Waals surface area (Å²) in [7, 11) is 1.68. The topological polar surface area (TPSA) is 321 Å². The molecule has 15 unspecified atom stereocenters. The number of allylic oxidation sites excluding steroid dienone is 2. The second-order valence-electron chi connectivity index (χ2n) is 27.9. The van der Waals surface area contributed by atoms with Crippen LogP contribution in [0.15, 0.2) is 11.6 Å². The van der Waals surface area contributed by atoms with Crippen molar-refractivity contribution < 1.29 is 93.9 Å². The van der Waals surface area contributed by atoms with E-state index in [0.717, 1.165) is 69.8 Å². The first kappa shape index (κ1) is 64.7.